The first-order valence-corrected chi connectivity index (χ1v) is 10.9. The van der Waals surface area contributed by atoms with Crippen LogP contribution in [-0.4, -0.2) is 47.7 Å². The van der Waals surface area contributed by atoms with E-state index in [9.17, 15) is 13.2 Å². The summed E-state index contributed by atoms with van der Waals surface area (Å²) in [4.78, 5) is 12.5. The standard InChI is InChI=1S/C21H28N2O5S/c1-4-28-14-8-13-22-21(24)16-23(18-9-6-5-7-10-18)29(25,26)20-15-17(2)11-12-19(20)27-3/h5-7,9-12,15H,4,8,13-14,16H2,1-3H3,(H,22,24). The molecule has 1 amide bonds. The van der Waals surface area contributed by atoms with Crippen molar-refractivity contribution in [2.45, 2.75) is 25.2 Å². The summed E-state index contributed by atoms with van der Waals surface area (Å²) in [5.74, 6) is -0.158. The van der Waals surface area contributed by atoms with E-state index in [4.69, 9.17) is 9.47 Å². The maximum Gasteiger partial charge on any atom is 0.268 e. The highest BCUT2D eigenvalue weighted by molar-refractivity contribution is 7.93. The van der Waals surface area contributed by atoms with E-state index in [2.05, 4.69) is 5.32 Å². The van der Waals surface area contributed by atoms with Gasteiger partial charge in [-0.3, -0.25) is 9.10 Å². The van der Waals surface area contributed by atoms with Gasteiger partial charge in [0.1, 0.15) is 17.2 Å². The fraction of sp³-hybridized carbons (Fsp3) is 0.381. The number of anilines is 1. The predicted molar refractivity (Wildman–Crippen MR) is 113 cm³/mol. The number of para-hydroxylation sites is 1. The number of benzene rings is 2. The van der Waals surface area contributed by atoms with Gasteiger partial charge in [0, 0.05) is 19.8 Å². The molecule has 0 saturated carbocycles. The largest absolute Gasteiger partial charge is 0.495 e. The molecule has 0 radical (unpaired) electrons. The Morgan fingerprint density at radius 1 is 1.14 bits per heavy atom. The number of carbonyl (C=O) groups is 1. The van der Waals surface area contributed by atoms with Crippen LogP contribution in [0.5, 0.6) is 5.75 Å². The summed E-state index contributed by atoms with van der Waals surface area (Å²) >= 11 is 0. The van der Waals surface area contributed by atoms with Gasteiger partial charge in [-0.2, -0.15) is 0 Å². The number of rotatable bonds is 11. The zero-order chi connectivity index (χ0) is 21.3. The minimum Gasteiger partial charge on any atom is -0.495 e. The lowest BCUT2D eigenvalue weighted by Gasteiger charge is -2.25. The third kappa shape index (κ3) is 6.20. The molecule has 0 unspecified atom stereocenters. The number of ether oxygens (including phenoxy) is 2. The first-order chi connectivity index (χ1) is 13.9. The van der Waals surface area contributed by atoms with E-state index in [1.165, 1.54) is 7.11 Å². The van der Waals surface area contributed by atoms with Gasteiger partial charge in [0.2, 0.25) is 5.91 Å². The van der Waals surface area contributed by atoms with Gasteiger partial charge in [-0.25, -0.2) is 8.42 Å². The quantitative estimate of drug-likeness (QED) is 0.565. The van der Waals surface area contributed by atoms with Gasteiger partial charge in [0.25, 0.3) is 10.0 Å². The minimum absolute atomic E-state index is 0.0213. The SMILES string of the molecule is CCOCCCNC(=O)CN(c1ccccc1)S(=O)(=O)c1cc(C)ccc1OC. The molecule has 8 heteroatoms. The Balaban J connectivity index is 2.29. The molecule has 7 nitrogen and oxygen atoms in total. The molecule has 2 aromatic carbocycles. The predicted octanol–water partition coefficient (Wildman–Crippen LogP) is 2.74. The third-order valence-corrected chi connectivity index (χ3v) is 6.01. The van der Waals surface area contributed by atoms with E-state index in [1.807, 2.05) is 6.92 Å². The molecule has 0 fully saturated rings. The molecule has 0 aliphatic heterocycles. The molecule has 2 rings (SSSR count). The van der Waals surface area contributed by atoms with Crippen molar-refractivity contribution < 1.29 is 22.7 Å². The minimum atomic E-state index is -4.03. The second kappa shape index (κ2) is 10.8. The molecule has 0 aliphatic rings. The number of sulfonamides is 1. The molecular weight excluding hydrogens is 392 g/mol. The summed E-state index contributed by atoms with van der Waals surface area (Å²) in [6, 6.07) is 13.5. The van der Waals surface area contributed by atoms with Gasteiger partial charge >= 0.3 is 0 Å². The van der Waals surface area contributed by atoms with Crippen LogP contribution in [-0.2, 0) is 19.6 Å². The van der Waals surface area contributed by atoms with E-state index in [0.29, 0.717) is 31.9 Å². The van der Waals surface area contributed by atoms with Crippen molar-refractivity contribution in [3.8, 4) is 5.75 Å². The van der Waals surface area contributed by atoms with Crippen LogP contribution in [0, 0.1) is 6.92 Å². The maximum absolute atomic E-state index is 13.5. The lowest BCUT2D eigenvalue weighted by molar-refractivity contribution is -0.119. The second-order valence-corrected chi connectivity index (χ2v) is 8.23. The lowest BCUT2D eigenvalue weighted by atomic mass is 10.2. The van der Waals surface area contributed by atoms with Crippen molar-refractivity contribution in [2.24, 2.45) is 0 Å². The molecule has 0 heterocycles. The van der Waals surface area contributed by atoms with Crippen molar-refractivity contribution in [3.05, 3.63) is 54.1 Å². The van der Waals surface area contributed by atoms with Crippen molar-refractivity contribution in [2.75, 3.05) is 37.7 Å². The summed E-state index contributed by atoms with van der Waals surface area (Å²) in [7, 11) is -2.61. The molecule has 0 bridgehead atoms. The number of nitrogens with one attached hydrogen (secondary N) is 1. The Bertz CT molecular complexity index is 901. The molecule has 0 atom stereocenters. The monoisotopic (exact) mass is 420 g/mol. The molecule has 0 aromatic heterocycles. The van der Waals surface area contributed by atoms with Gasteiger partial charge in [-0.15, -0.1) is 0 Å². The molecule has 0 spiro atoms. The summed E-state index contributed by atoms with van der Waals surface area (Å²) in [6.07, 6.45) is 0.656. The molecule has 29 heavy (non-hydrogen) atoms. The average Bonchev–Trinajstić information content (AvgIpc) is 2.72. The van der Waals surface area contributed by atoms with Crippen LogP contribution in [0.4, 0.5) is 5.69 Å². The van der Waals surface area contributed by atoms with Gasteiger partial charge in [0.15, 0.2) is 0 Å². The van der Waals surface area contributed by atoms with Crippen molar-refractivity contribution in [1.29, 1.82) is 0 Å². The average molecular weight is 421 g/mol. The van der Waals surface area contributed by atoms with Crippen LogP contribution >= 0.6 is 0 Å². The Hall–Kier alpha value is -2.58. The summed E-state index contributed by atoms with van der Waals surface area (Å²) in [5.41, 5.74) is 1.18. The second-order valence-electron chi connectivity index (χ2n) is 6.40. The van der Waals surface area contributed by atoms with E-state index in [0.717, 1.165) is 9.87 Å². The lowest BCUT2D eigenvalue weighted by Crippen LogP contribution is -2.41. The fourth-order valence-electron chi connectivity index (χ4n) is 2.75. The molecule has 0 saturated heterocycles. The molecule has 2 aromatic rings. The van der Waals surface area contributed by atoms with Crippen molar-refractivity contribution in [1.82, 2.24) is 5.32 Å². The summed E-state index contributed by atoms with van der Waals surface area (Å²) in [5, 5.41) is 2.75. The van der Waals surface area contributed by atoms with E-state index in [1.54, 1.807) is 55.5 Å². The van der Waals surface area contributed by atoms with Crippen LogP contribution in [0.25, 0.3) is 0 Å². The molecule has 1 N–H and O–H groups in total. The van der Waals surface area contributed by atoms with Gasteiger partial charge in [-0.05, 0) is 50.1 Å². The van der Waals surface area contributed by atoms with Gasteiger partial charge in [0.05, 0.1) is 12.8 Å². The number of carbonyl (C=O) groups excluding carboxylic acids is 1. The third-order valence-electron chi connectivity index (χ3n) is 4.21. The Morgan fingerprint density at radius 2 is 1.86 bits per heavy atom. The highest BCUT2D eigenvalue weighted by atomic mass is 32.2. The van der Waals surface area contributed by atoms with E-state index >= 15 is 0 Å². The Kier molecular flexibility index (Phi) is 8.48. The first kappa shape index (κ1) is 22.7. The zero-order valence-corrected chi connectivity index (χ0v) is 17.9. The van der Waals surface area contributed by atoms with Crippen LogP contribution < -0.4 is 14.4 Å². The molecule has 0 aliphatic carbocycles. The highest BCUT2D eigenvalue weighted by Crippen LogP contribution is 2.30. The van der Waals surface area contributed by atoms with Gasteiger partial charge < -0.3 is 14.8 Å². The zero-order valence-electron chi connectivity index (χ0n) is 17.1. The number of amides is 1. The van der Waals surface area contributed by atoms with E-state index in [-0.39, 0.29) is 23.1 Å². The summed E-state index contributed by atoms with van der Waals surface area (Å²) in [6.45, 7) is 4.94. The number of hydrogen-bond acceptors (Lipinski definition) is 5. The van der Waals surface area contributed by atoms with Crippen LogP contribution in [0.15, 0.2) is 53.4 Å². The van der Waals surface area contributed by atoms with Crippen LogP contribution in [0.3, 0.4) is 0 Å². The number of hydrogen-bond donors (Lipinski definition) is 1. The molecule has 158 valence electrons. The fourth-order valence-corrected chi connectivity index (χ4v) is 4.41. The molecular formula is C21H28N2O5S. The van der Waals surface area contributed by atoms with E-state index < -0.39 is 10.0 Å². The van der Waals surface area contributed by atoms with Crippen LogP contribution in [0.2, 0.25) is 0 Å². The number of nitrogens with zero attached hydrogens (tertiary/aromatic N) is 1. The number of aryl methyl sites for hydroxylation is 1. The van der Waals surface area contributed by atoms with Crippen molar-refractivity contribution >= 4 is 21.6 Å². The Labute approximate surface area is 172 Å². The first-order valence-electron chi connectivity index (χ1n) is 9.47. The highest BCUT2D eigenvalue weighted by Gasteiger charge is 2.30. The van der Waals surface area contributed by atoms with Crippen molar-refractivity contribution in [3.63, 3.8) is 0 Å². The summed E-state index contributed by atoms with van der Waals surface area (Å²) < 4.78 is 38.5. The topological polar surface area (TPSA) is 84.9 Å². The number of methoxy groups -OCH3 is 1. The smallest absolute Gasteiger partial charge is 0.268 e. The Morgan fingerprint density at radius 3 is 2.52 bits per heavy atom. The van der Waals surface area contributed by atoms with Gasteiger partial charge in [-0.1, -0.05) is 24.3 Å². The van der Waals surface area contributed by atoms with Crippen LogP contribution in [0.1, 0.15) is 18.9 Å². The maximum atomic E-state index is 13.5. The normalized spacial score (nSPS) is 11.1.